The monoisotopic (exact) mass is 248 g/mol. The van der Waals surface area contributed by atoms with E-state index in [4.69, 9.17) is 14.9 Å². The molecule has 0 amide bonds. The van der Waals surface area contributed by atoms with Crippen molar-refractivity contribution in [1.29, 1.82) is 0 Å². The van der Waals surface area contributed by atoms with Gasteiger partial charge in [-0.3, -0.25) is 0 Å². The number of oxazole rings is 1. The molecular formula is C14H20N2O2. The molecule has 0 fully saturated rings. The van der Waals surface area contributed by atoms with Gasteiger partial charge in [0.25, 0.3) is 0 Å². The molecule has 4 nitrogen and oxygen atoms in total. The van der Waals surface area contributed by atoms with Gasteiger partial charge in [-0.25, -0.2) is 4.98 Å². The summed E-state index contributed by atoms with van der Waals surface area (Å²) in [6.45, 7) is 2.95. The predicted octanol–water partition coefficient (Wildman–Crippen LogP) is 2.75. The summed E-state index contributed by atoms with van der Waals surface area (Å²) in [4.78, 5) is 4.48. The largest absolute Gasteiger partial charge is 0.497 e. The van der Waals surface area contributed by atoms with Crippen LogP contribution in [0.1, 0.15) is 25.7 Å². The van der Waals surface area contributed by atoms with Crippen molar-refractivity contribution >= 4 is 11.1 Å². The summed E-state index contributed by atoms with van der Waals surface area (Å²) in [7, 11) is 1.65. The van der Waals surface area contributed by atoms with Crippen molar-refractivity contribution in [2.24, 2.45) is 11.7 Å². The summed E-state index contributed by atoms with van der Waals surface area (Å²) >= 11 is 0. The Labute approximate surface area is 107 Å². The Hall–Kier alpha value is -1.55. The number of rotatable bonds is 6. The molecule has 98 valence electrons. The van der Waals surface area contributed by atoms with Crippen molar-refractivity contribution in [3.8, 4) is 5.75 Å². The molecule has 0 saturated carbocycles. The number of aromatic nitrogens is 1. The molecule has 2 N–H and O–H groups in total. The lowest BCUT2D eigenvalue weighted by molar-refractivity contribution is 0.415. The second kappa shape index (κ2) is 5.87. The topological polar surface area (TPSA) is 61.3 Å². The molecular weight excluding hydrogens is 228 g/mol. The van der Waals surface area contributed by atoms with E-state index in [0.717, 1.165) is 48.5 Å². The molecule has 0 aliphatic rings. The van der Waals surface area contributed by atoms with Gasteiger partial charge in [0.1, 0.15) is 11.3 Å². The molecule has 0 bridgehead atoms. The van der Waals surface area contributed by atoms with Gasteiger partial charge >= 0.3 is 0 Å². The van der Waals surface area contributed by atoms with Crippen LogP contribution in [0, 0.1) is 5.92 Å². The highest BCUT2D eigenvalue weighted by molar-refractivity contribution is 5.74. The highest BCUT2D eigenvalue weighted by atomic mass is 16.5. The smallest absolute Gasteiger partial charge is 0.195 e. The van der Waals surface area contributed by atoms with Crippen LogP contribution in [0.15, 0.2) is 22.6 Å². The summed E-state index contributed by atoms with van der Waals surface area (Å²) in [5.41, 5.74) is 7.21. The van der Waals surface area contributed by atoms with Gasteiger partial charge in [0.05, 0.1) is 7.11 Å². The van der Waals surface area contributed by atoms with Gasteiger partial charge in [0, 0.05) is 12.5 Å². The third-order valence-electron chi connectivity index (χ3n) is 3.15. The Bertz CT molecular complexity index is 507. The van der Waals surface area contributed by atoms with E-state index in [1.54, 1.807) is 7.11 Å². The minimum atomic E-state index is 0.611. The zero-order valence-electron chi connectivity index (χ0n) is 11.0. The number of nitrogens with two attached hydrogens (primary N) is 1. The fourth-order valence-corrected chi connectivity index (χ4v) is 1.99. The number of fused-ring (bicyclic) bond motifs is 1. The van der Waals surface area contributed by atoms with Crippen molar-refractivity contribution in [1.82, 2.24) is 4.98 Å². The van der Waals surface area contributed by atoms with Gasteiger partial charge < -0.3 is 14.9 Å². The lowest BCUT2D eigenvalue weighted by atomic mass is 10.0. The highest BCUT2D eigenvalue weighted by Gasteiger charge is 2.08. The van der Waals surface area contributed by atoms with Crippen LogP contribution in [-0.2, 0) is 6.42 Å². The van der Waals surface area contributed by atoms with E-state index in [2.05, 4.69) is 11.9 Å². The maximum atomic E-state index is 5.70. The number of methoxy groups -OCH3 is 1. The Morgan fingerprint density at radius 2 is 2.22 bits per heavy atom. The minimum absolute atomic E-state index is 0.611. The summed E-state index contributed by atoms with van der Waals surface area (Å²) in [6.07, 6.45) is 2.97. The van der Waals surface area contributed by atoms with Crippen LogP contribution in [0.4, 0.5) is 0 Å². The first-order chi connectivity index (χ1) is 8.72. The normalized spacial score (nSPS) is 12.8. The average molecular weight is 248 g/mol. The maximum Gasteiger partial charge on any atom is 0.195 e. The first kappa shape index (κ1) is 12.9. The van der Waals surface area contributed by atoms with E-state index in [1.807, 2.05) is 18.2 Å². The standard InChI is InChI=1S/C14H20N2O2/c1-10(7-8-15)3-6-14-16-12-9-11(17-2)4-5-13(12)18-14/h4-5,9-10H,3,6-8,15H2,1-2H3. The van der Waals surface area contributed by atoms with Crippen molar-refractivity contribution in [3.05, 3.63) is 24.1 Å². The molecule has 0 radical (unpaired) electrons. The van der Waals surface area contributed by atoms with Crippen molar-refractivity contribution < 1.29 is 9.15 Å². The molecule has 18 heavy (non-hydrogen) atoms. The number of aryl methyl sites for hydroxylation is 1. The second-order valence-electron chi connectivity index (χ2n) is 4.66. The Balaban J connectivity index is 2.05. The molecule has 1 aromatic carbocycles. The number of ether oxygens (including phenoxy) is 1. The van der Waals surface area contributed by atoms with E-state index in [9.17, 15) is 0 Å². The molecule has 4 heteroatoms. The minimum Gasteiger partial charge on any atom is -0.497 e. The van der Waals surface area contributed by atoms with E-state index in [0.29, 0.717) is 5.92 Å². The number of hydrogen-bond acceptors (Lipinski definition) is 4. The van der Waals surface area contributed by atoms with Crippen LogP contribution < -0.4 is 10.5 Å². The number of benzene rings is 1. The average Bonchev–Trinajstić information content (AvgIpc) is 2.78. The molecule has 1 heterocycles. The van der Waals surface area contributed by atoms with E-state index in [1.165, 1.54) is 0 Å². The van der Waals surface area contributed by atoms with Crippen LogP contribution in [0.3, 0.4) is 0 Å². The first-order valence-corrected chi connectivity index (χ1v) is 6.36. The second-order valence-corrected chi connectivity index (χ2v) is 4.66. The number of hydrogen-bond donors (Lipinski definition) is 1. The third-order valence-corrected chi connectivity index (χ3v) is 3.15. The van der Waals surface area contributed by atoms with Gasteiger partial charge in [-0.2, -0.15) is 0 Å². The van der Waals surface area contributed by atoms with Crippen molar-refractivity contribution in [2.45, 2.75) is 26.2 Å². The third kappa shape index (κ3) is 3.01. The molecule has 1 aromatic heterocycles. The summed E-state index contributed by atoms with van der Waals surface area (Å²) in [5.74, 6) is 2.21. The molecule has 1 atom stereocenters. The van der Waals surface area contributed by atoms with Crippen LogP contribution in [0.2, 0.25) is 0 Å². The summed E-state index contributed by atoms with van der Waals surface area (Å²) in [6, 6.07) is 5.67. The van der Waals surface area contributed by atoms with E-state index >= 15 is 0 Å². The molecule has 1 unspecified atom stereocenters. The lowest BCUT2D eigenvalue weighted by Gasteiger charge is -2.06. The van der Waals surface area contributed by atoms with Gasteiger partial charge in [-0.1, -0.05) is 6.92 Å². The summed E-state index contributed by atoms with van der Waals surface area (Å²) < 4.78 is 10.9. The molecule has 0 aliphatic carbocycles. The Morgan fingerprint density at radius 3 is 2.94 bits per heavy atom. The molecule has 2 aromatic rings. The SMILES string of the molecule is COc1ccc2oc(CCC(C)CCN)nc2c1. The van der Waals surface area contributed by atoms with Gasteiger partial charge in [-0.15, -0.1) is 0 Å². The highest BCUT2D eigenvalue weighted by Crippen LogP contribution is 2.22. The Kier molecular flexibility index (Phi) is 4.20. The maximum absolute atomic E-state index is 5.70. The van der Waals surface area contributed by atoms with Crippen molar-refractivity contribution in [3.63, 3.8) is 0 Å². The van der Waals surface area contributed by atoms with Crippen LogP contribution in [0.25, 0.3) is 11.1 Å². The quantitative estimate of drug-likeness (QED) is 0.853. The summed E-state index contributed by atoms with van der Waals surface area (Å²) in [5, 5.41) is 0. The first-order valence-electron chi connectivity index (χ1n) is 6.36. The zero-order chi connectivity index (χ0) is 13.0. The van der Waals surface area contributed by atoms with Crippen LogP contribution in [0.5, 0.6) is 5.75 Å². The fraction of sp³-hybridized carbons (Fsp3) is 0.500. The Morgan fingerprint density at radius 1 is 1.39 bits per heavy atom. The van der Waals surface area contributed by atoms with E-state index in [-0.39, 0.29) is 0 Å². The van der Waals surface area contributed by atoms with Crippen LogP contribution >= 0.6 is 0 Å². The van der Waals surface area contributed by atoms with E-state index < -0.39 is 0 Å². The lowest BCUT2D eigenvalue weighted by Crippen LogP contribution is -2.06. The van der Waals surface area contributed by atoms with Gasteiger partial charge in [-0.05, 0) is 37.4 Å². The molecule has 0 saturated heterocycles. The van der Waals surface area contributed by atoms with Crippen molar-refractivity contribution in [2.75, 3.05) is 13.7 Å². The van der Waals surface area contributed by atoms with Gasteiger partial charge in [0.2, 0.25) is 0 Å². The predicted molar refractivity (Wildman–Crippen MR) is 71.7 cm³/mol. The van der Waals surface area contributed by atoms with Crippen LogP contribution in [-0.4, -0.2) is 18.6 Å². The molecule has 0 aliphatic heterocycles. The number of nitrogens with zero attached hydrogens (tertiary/aromatic N) is 1. The molecule has 2 rings (SSSR count). The van der Waals surface area contributed by atoms with Gasteiger partial charge in [0.15, 0.2) is 11.5 Å². The molecule has 0 spiro atoms. The fourth-order valence-electron chi connectivity index (χ4n) is 1.99. The zero-order valence-corrected chi connectivity index (χ0v) is 11.0.